The number of cyclic esters (lactones) is 1. The second kappa shape index (κ2) is 22.2. The zero-order chi connectivity index (χ0) is 43.5. The molecule has 0 aliphatic carbocycles. The number of ether oxygens (including phenoxy) is 5. The van der Waals surface area contributed by atoms with Crippen LogP contribution in [0.5, 0.6) is 0 Å². The number of aromatic nitrogens is 6. The van der Waals surface area contributed by atoms with Crippen LogP contribution in [-0.2, 0) is 46.4 Å². The first-order valence-electron chi connectivity index (χ1n) is 21.1. The van der Waals surface area contributed by atoms with Crippen molar-refractivity contribution in [2.45, 2.75) is 129 Å². The third-order valence-corrected chi connectivity index (χ3v) is 11.7. The Morgan fingerprint density at radius 2 is 1.82 bits per heavy atom. The van der Waals surface area contributed by atoms with Crippen LogP contribution >= 0.6 is 0 Å². The number of methoxy groups -OCH3 is 1. The summed E-state index contributed by atoms with van der Waals surface area (Å²) in [6.07, 6.45) is 2.74. The van der Waals surface area contributed by atoms with E-state index in [9.17, 15) is 24.9 Å². The minimum Gasteiger partial charge on any atom is -0.462 e. The van der Waals surface area contributed by atoms with Crippen molar-refractivity contribution < 1.29 is 48.6 Å². The molecule has 3 N–H and O–H groups in total. The summed E-state index contributed by atoms with van der Waals surface area (Å²) >= 11 is 0. The number of allylic oxidation sites excluding steroid dienone is 3. The first-order chi connectivity index (χ1) is 28.7. The largest absolute Gasteiger partial charge is 0.462 e. The lowest BCUT2D eigenvalue weighted by Gasteiger charge is -2.46. The van der Waals surface area contributed by atoms with Gasteiger partial charge in [-0.1, -0.05) is 61.1 Å². The number of benzene rings is 1. The van der Waals surface area contributed by atoms with E-state index >= 15 is 0 Å². The minimum atomic E-state index is -1.20. The molecular weight excluding hydrogens is 775 g/mol. The highest BCUT2D eigenvalue weighted by atomic mass is 16.7. The predicted octanol–water partition coefficient (Wildman–Crippen LogP) is 3.31. The summed E-state index contributed by atoms with van der Waals surface area (Å²) in [5, 5.41) is 50.2. The molecule has 12 atom stereocenters. The molecule has 0 amide bonds. The molecule has 332 valence electrons. The van der Waals surface area contributed by atoms with E-state index in [0.29, 0.717) is 44.5 Å². The maximum atomic E-state index is 13.8. The van der Waals surface area contributed by atoms with E-state index in [1.54, 1.807) is 47.4 Å². The molecule has 1 fully saturated rings. The van der Waals surface area contributed by atoms with Gasteiger partial charge in [-0.25, -0.2) is 4.68 Å². The van der Waals surface area contributed by atoms with Gasteiger partial charge in [-0.15, -0.1) is 10.2 Å². The molecule has 3 unspecified atom stereocenters. The van der Waals surface area contributed by atoms with Gasteiger partial charge in [0.1, 0.15) is 23.4 Å². The van der Waals surface area contributed by atoms with Crippen LogP contribution in [0.4, 0.5) is 0 Å². The number of fused-ring (bicyclic) bond motifs is 1. The number of rotatable bonds is 14. The minimum absolute atomic E-state index is 0.0138. The van der Waals surface area contributed by atoms with Gasteiger partial charge in [0.25, 0.3) is 0 Å². The van der Waals surface area contributed by atoms with Gasteiger partial charge in [0.15, 0.2) is 18.4 Å². The zero-order valence-electron chi connectivity index (χ0n) is 36.2. The summed E-state index contributed by atoms with van der Waals surface area (Å²) in [4.78, 5) is 29.2. The summed E-state index contributed by atoms with van der Waals surface area (Å²) in [6, 6.07) is 7.04. The van der Waals surface area contributed by atoms with Gasteiger partial charge in [0, 0.05) is 31.9 Å². The molecule has 0 radical (unpaired) electrons. The van der Waals surface area contributed by atoms with Crippen LogP contribution in [0.15, 0.2) is 54.3 Å². The molecule has 1 aromatic carbocycles. The quantitative estimate of drug-likeness (QED) is 0.157. The first kappa shape index (κ1) is 47.1. The van der Waals surface area contributed by atoms with Crippen molar-refractivity contribution >= 4 is 22.8 Å². The number of carbonyl (C=O) groups excluding carboxylic acids is 2. The average molecular weight is 840 g/mol. The Labute approximate surface area is 352 Å². The van der Waals surface area contributed by atoms with Crippen molar-refractivity contribution in [3.63, 3.8) is 0 Å². The third kappa shape index (κ3) is 12.6. The van der Waals surface area contributed by atoms with Crippen LogP contribution in [0, 0.1) is 23.7 Å². The fraction of sp³-hybridized carbons (Fsp3) is 0.674. The van der Waals surface area contributed by atoms with E-state index in [1.165, 1.54) is 7.11 Å². The van der Waals surface area contributed by atoms with Crippen LogP contribution in [-0.4, -0.2) is 146 Å². The molecule has 1 saturated heterocycles. The molecule has 17 nitrogen and oxygen atoms in total. The molecule has 2 aliphatic rings. The Kier molecular flexibility index (Phi) is 17.5. The van der Waals surface area contributed by atoms with E-state index in [4.69, 9.17) is 23.7 Å². The van der Waals surface area contributed by atoms with Crippen molar-refractivity contribution in [2.75, 3.05) is 34.4 Å². The fourth-order valence-corrected chi connectivity index (χ4v) is 8.25. The predicted molar refractivity (Wildman–Crippen MR) is 221 cm³/mol. The summed E-state index contributed by atoms with van der Waals surface area (Å²) in [6.45, 7) is 10.3. The van der Waals surface area contributed by atoms with Crippen molar-refractivity contribution in [1.82, 2.24) is 34.9 Å². The fourth-order valence-electron chi connectivity index (χ4n) is 8.25. The molecule has 60 heavy (non-hydrogen) atoms. The molecule has 3 aromatic rings. The number of carbonyl (C=O) groups is 2. The maximum absolute atomic E-state index is 13.8. The van der Waals surface area contributed by atoms with Gasteiger partial charge in [0.05, 0.1) is 55.8 Å². The summed E-state index contributed by atoms with van der Waals surface area (Å²) in [5.74, 6) is -1.86. The second-order valence-electron chi connectivity index (χ2n) is 16.6. The van der Waals surface area contributed by atoms with E-state index in [0.717, 1.165) is 16.6 Å². The molecule has 0 saturated carbocycles. The third-order valence-electron chi connectivity index (χ3n) is 11.7. The van der Waals surface area contributed by atoms with E-state index < -0.39 is 66.9 Å². The zero-order valence-corrected chi connectivity index (χ0v) is 36.2. The van der Waals surface area contributed by atoms with E-state index in [-0.39, 0.29) is 37.3 Å². The monoisotopic (exact) mass is 839 g/mol. The molecular formula is C43H65N7O10. The Hall–Kier alpha value is -3.94. The highest BCUT2D eigenvalue weighted by Gasteiger charge is 2.46. The van der Waals surface area contributed by atoms with Crippen molar-refractivity contribution in [3.05, 3.63) is 60.0 Å². The number of aliphatic hydroxyl groups excluding tert-OH is 3. The summed E-state index contributed by atoms with van der Waals surface area (Å²) in [5.41, 5.74) is 3.15. The van der Waals surface area contributed by atoms with Gasteiger partial charge in [-0.05, 0) is 83.7 Å². The number of aliphatic hydroxyl groups is 3. The van der Waals surface area contributed by atoms with Crippen LogP contribution in [0.2, 0.25) is 0 Å². The van der Waals surface area contributed by atoms with Crippen LogP contribution in [0.25, 0.3) is 11.0 Å². The Morgan fingerprint density at radius 1 is 1.05 bits per heavy atom. The van der Waals surface area contributed by atoms with Gasteiger partial charge in [0.2, 0.25) is 0 Å². The number of hydrogen-bond donors (Lipinski definition) is 3. The number of ketones is 1. The molecule has 17 heteroatoms. The summed E-state index contributed by atoms with van der Waals surface area (Å²) in [7, 11) is 5.04. The lowest BCUT2D eigenvalue weighted by atomic mass is 9.80. The topological polar surface area (TPSA) is 206 Å². The van der Waals surface area contributed by atoms with E-state index in [1.807, 2.05) is 64.2 Å². The lowest BCUT2D eigenvalue weighted by Crippen LogP contribution is -2.63. The van der Waals surface area contributed by atoms with Crippen molar-refractivity contribution in [3.8, 4) is 0 Å². The highest BCUT2D eigenvalue weighted by molar-refractivity contribution is 5.91. The number of likely N-dealkylation sites (N-methyl/N-ethyl adjacent to an activating group) is 1. The number of esters is 1. The molecule has 0 bridgehead atoms. The maximum Gasteiger partial charge on any atom is 0.306 e. The normalized spacial score (nSPS) is 32.1. The number of hydrogen-bond acceptors (Lipinski definition) is 15. The number of para-hydroxylation sites is 1. The standard InChI is InChI=1S/C43H65N7O10/c1-9-36-31(24-57-38(53)25-56-8)20-26(2)14-16-35(51)28(4)21-30(18-19-49-22-32(44-46-49)23-50-34-13-11-10-12-33(34)45-47-50)42(27(3)15-17-37(52)59-36)60-43-41(55)39(48(6)7)40(54)29(5)58-43/h10-14,16,20,22,27-31,36,38-43,53-55H,9,15,17-19,21,23-25H2,1-8H3/b16-14+,26-20+/t27-,28+,29+,30-,31+,36+,38-,39?,40?,41?,42+,43-/m0/s1. The van der Waals surface area contributed by atoms with Gasteiger partial charge < -0.3 is 43.9 Å². The molecule has 0 spiro atoms. The number of aryl methyl sites for hydroxylation is 1. The molecule has 5 rings (SSSR count). The lowest BCUT2D eigenvalue weighted by molar-refractivity contribution is -0.302. The molecule has 2 aliphatic heterocycles. The van der Waals surface area contributed by atoms with Gasteiger partial charge >= 0.3 is 5.97 Å². The first-order valence-corrected chi connectivity index (χ1v) is 21.1. The molecule has 2 aromatic heterocycles. The van der Waals surface area contributed by atoms with Crippen molar-refractivity contribution in [2.24, 2.45) is 23.7 Å². The average Bonchev–Trinajstić information content (AvgIpc) is 3.85. The Bertz CT molecular complexity index is 1880. The Balaban J connectivity index is 1.44. The van der Waals surface area contributed by atoms with Gasteiger partial charge in [-0.3, -0.25) is 14.3 Å². The molecule has 4 heterocycles. The summed E-state index contributed by atoms with van der Waals surface area (Å²) < 4.78 is 33.3. The SMILES string of the molecule is CC[C@H]1OC(=O)CC[C@H](C)[C@@H](O[C@@H]2O[C@H](C)C(O)C(N(C)C)C2O)[C@@H](CCn2cc(Cn3nnc4ccccc43)nn2)C[C@@H](C)C(=O)/C=C/C(C)=C/[C@@H]1CO[C@H](O)COC. The van der Waals surface area contributed by atoms with Crippen molar-refractivity contribution in [1.29, 1.82) is 0 Å². The highest BCUT2D eigenvalue weighted by Crippen LogP contribution is 2.35. The van der Waals surface area contributed by atoms with Crippen LogP contribution < -0.4 is 0 Å². The van der Waals surface area contributed by atoms with E-state index in [2.05, 4.69) is 20.6 Å². The second-order valence-corrected chi connectivity index (χ2v) is 16.6. The van der Waals surface area contributed by atoms with Crippen LogP contribution in [0.1, 0.15) is 72.4 Å². The van der Waals surface area contributed by atoms with Gasteiger partial charge in [-0.2, -0.15) is 0 Å². The Morgan fingerprint density at radius 3 is 2.55 bits per heavy atom. The smallest absolute Gasteiger partial charge is 0.306 e. The number of nitrogens with zero attached hydrogens (tertiary/aromatic N) is 7. The van der Waals surface area contributed by atoms with Crippen LogP contribution in [0.3, 0.4) is 0 Å².